The molecule has 0 saturated heterocycles. The predicted octanol–water partition coefficient (Wildman–Crippen LogP) is 0.830. The third-order valence-electron chi connectivity index (χ3n) is 2.15. The second-order valence-corrected chi connectivity index (χ2v) is 3.43. The summed E-state index contributed by atoms with van der Waals surface area (Å²) in [7, 11) is 0. The first kappa shape index (κ1) is 11.2. The SMILES string of the molecule is CC(NC(=O)c1ccc(F)cn1)c1ncn[nH]1. The van der Waals surface area contributed by atoms with Crippen molar-refractivity contribution in [1.82, 2.24) is 25.5 Å². The molecule has 0 aromatic carbocycles. The van der Waals surface area contributed by atoms with Crippen molar-refractivity contribution in [3.63, 3.8) is 0 Å². The summed E-state index contributed by atoms with van der Waals surface area (Å²) >= 11 is 0. The molecule has 0 radical (unpaired) electrons. The Bertz CT molecular complexity index is 496. The van der Waals surface area contributed by atoms with Crippen LogP contribution >= 0.6 is 0 Å². The molecule has 1 unspecified atom stereocenters. The van der Waals surface area contributed by atoms with E-state index < -0.39 is 11.7 Å². The zero-order chi connectivity index (χ0) is 12.3. The molecule has 0 fully saturated rings. The van der Waals surface area contributed by atoms with Gasteiger partial charge in [-0.3, -0.25) is 9.89 Å². The minimum absolute atomic E-state index is 0.151. The smallest absolute Gasteiger partial charge is 0.270 e. The maximum Gasteiger partial charge on any atom is 0.270 e. The number of aromatic amines is 1. The lowest BCUT2D eigenvalue weighted by Gasteiger charge is -2.10. The second-order valence-electron chi connectivity index (χ2n) is 3.43. The van der Waals surface area contributed by atoms with Crippen LogP contribution in [0.5, 0.6) is 0 Å². The number of aromatic nitrogens is 4. The lowest BCUT2D eigenvalue weighted by molar-refractivity contribution is 0.0933. The van der Waals surface area contributed by atoms with Gasteiger partial charge in [0.25, 0.3) is 5.91 Å². The zero-order valence-corrected chi connectivity index (χ0v) is 9.01. The number of H-pyrrole nitrogens is 1. The molecule has 2 N–H and O–H groups in total. The highest BCUT2D eigenvalue weighted by atomic mass is 19.1. The standard InChI is InChI=1S/C10H10FN5O/c1-6(9-13-5-14-16-9)15-10(17)8-3-2-7(11)4-12-8/h2-6H,1H3,(H,15,17)(H,13,14,16). The van der Waals surface area contributed by atoms with Crippen molar-refractivity contribution < 1.29 is 9.18 Å². The van der Waals surface area contributed by atoms with Gasteiger partial charge in [-0.2, -0.15) is 5.10 Å². The van der Waals surface area contributed by atoms with Crippen molar-refractivity contribution in [2.24, 2.45) is 0 Å². The van der Waals surface area contributed by atoms with Gasteiger partial charge in [-0.05, 0) is 19.1 Å². The fourth-order valence-corrected chi connectivity index (χ4v) is 1.27. The summed E-state index contributed by atoms with van der Waals surface area (Å²) in [5, 5.41) is 8.99. The van der Waals surface area contributed by atoms with Gasteiger partial charge in [0, 0.05) is 0 Å². The van der Waals surface area contributed by atoms with Gasteiger partial charge < -0.3 is 5.32 Å². The molecule has 2 aromatic rings. The largest absolute Gasteiger partial charge is 0.341 e. The van der Waals surface area contributed by atoms with Crippen molar-refractivity contribution in [2.45, 2.75) is 13.0 Å². The number of carbonyl (C=O) groups excluding carboxylic acids is 1. The van der Waals surface area contributed by atoms with E-state index in [-0.39, 0.29) is 11.7 Å². The zero-order valence-electron chi connectivity index (χ0n) is 9.01. The molecule has 2 heterocycles. The molecule has 7 heteroatoms. The van der Waals surface area contributed by atoms with Gasteiger partial charge in [0.15, 0.2) is 0 Å². The predicted molar refractivity (Wildman–Crippen MR) is 56.5 cm³/mol. The number of nitrogens with one attached hydrogen (secondary N) is 2. The molecule has 6 nitrogen and oxygen atoms in total. The summed E-state index contributed by atoms with van der Waals surface area (Å²) in [5.74, 6) is -0.334. The minimum atomic E-state index is -0.482. The van der Waals surface area contributed by atoms with Crippen LogP contribution in [0, 0.1) is 5.82 Å². The molecule has 17 heavy (non-hydrogen) atoms. The number of hydrogen-bond donors (Lipinski definition) is 2. The molecule has 2 aromatic heterocycles. The lowest BCUT2D eigenvalue weighted by Crippen LogP contribution is -2.28. The Morgan fingerprint density at radius 2 is 2.29 bits per heavy atom. The first-order valence-corrected chi connectivity index (χ1v) is 4.94. The van der Waals surface area contributed by atoms with E-state index in [0.717, 1.165) is 6.20 Å². The van der Waals surface area contributed by atoms with E-state index in [1.165, 1.54) is 18.5 Å². The van der Waals surface area contributed by atoms with Crippen LogP contribution in [0.25, 0.3) is 0 Å². The van der Waals surface area contributed by atoms with Crippen molar-refractivity contribution in [3.8, 4) is 0 Å². The van der Waals surface area contributed by atoms with E-state index in [1.54, 1.807) is 6.92 Å². The Kier molecular flexibility index (Phi) is 3.08. The van der Waals surface area contributed by atoms with Crippen molar-refractivity contribution in [2.75, 3.05) is 0 Å². The highest BCUT2D eigenvalue weighted by Gasteiger charge is 2.14. The molecular weight excluding hydrogens is 225 g/mol. The molecule has 88 valence electrons. The van der Waals surface area contributed by atoms with Crippen LogP contribution in [-0.2, 0) is 0 Å². The van der Waals surface area contributed by atoms with Crippen LogP contribution in [0.15, 0.2) is 24.7 Å². The third kappa shape index (κ3) is 2.63. The maximum atomic E-state index is 12.6. The van der Waals surface area contributed by atoms with Gasteiger partial charge in [-0.25, -0.2) is 14.4 Å². The summed E-state index contributed by atoms with van der Waals surface area (Å²) in [5.41, 5.74) is 0.151. The second kappa shape index (κ2) is 4.69. The van der Waals surface area contributed by atoms with E-state index >= 15 is 0 Å². The molecular formula is C10H10FN5O. The van der Waals surface area contributed by atoms with E-state index in [2.05, 4.69) is 25.5 Å². The van der Waals surface area contributed by atoms with Crippen LogP contribution in [0.4, 0.5) is 4.39 Å². The van der Waals surface area contributed by atoms with Crippen molar-refractivity contribution in [1.29, 1.82) is 0 Å². The van der Waals surface area contributed by atoms with Crippen LogP contribution < -0.4 is 5.32 Å². The van der Waals surface area contributed by atoms with Gasteiger partial charge in [0.1, 0.15) is 23.7 Å². The number of rotatable bonds is 3. The summed E-state index contributed by atoms with van der Waals surface area (Å²) < 4.78 is 12.6. The van der Waals surface area contributed by atoms with Crippen LogP contribution in [0.3, 0.4) is 0 Å². The highest BCUT2D eigenvalue weighted by molar-refractivity contribution is 5.92. The van der Waals surface area contributed by atoms with Gasteiger partial charge in [-0.15, -0.1) is 0 Å². The fourth-order valence-electron chi connectivity index (χ4n) is 1.27. The summed E-state index contributed by atoms with van der Waals surface area (Å²) in [6.45, 7) is 1.75. The van der Waals surface area contributed by atoms with E-state index in [1.807, 2.05) is 0 Å². The Morgan fingerprint density at radius 1 is 1.47 bits per heavy atom. The third-order valence-corrected chi connectivity index (χ3v) is 2.15. The fraction of sp³-hybridized carbons (Fsp3) is 0.200. The number of pyridine rings is 1. The number of nitrogens with zero attached hydrogens (tertiary/aromatic N) is 3. The quantitative estimate of drug-likeness (QED) is 0.825. The number of halogens is 1. The number of hydrogen-bond acceptors (Lipinski definition) is 4. The summed E-state index contributed by atoms with van der Waals surface area (Å²) in [4.78, 5) is 19.3. The molecule has 0 saturated carbocycles. The average molecular weight is 235 g/mol. The molecule has 0 aliphatic carbocycles. The van der Waals surface area contributed by atoms with Crippen molar-refractivity contribution in [3.05, 3.63) is 42.0 Å². The molecule has 0 aliphatic rings. The Hall–Kier alpha value is -2.31. The highest BCUT2D eigenvalue weighted by Crippen LogP contribution is 2.06. The number of amides is 1. The first-order chi connectivity index (χ1) is 8.16. The normalized spacial score (nSPS) is 12.1. The molecule has 0 aliphatic heterocycles. The molecule has 1 amide bonds. The average Bonchev–Trinajstić information content (AvgIpc) is 2.83. The van der Waals surface area contributed by atoms with Crippen LogP contribution in [0.1, 0.15) is 29.3 Å². The van der Waals surface area contributed by atoms with E-state index in [0.29, 0.717) is 5.82 Å². The van der Waals surface area contributed by atoms with E-state index in [4.69, 9.17) is 0 Å². The minimum Gasteiger partial charge on any atom is -0.341 e. The summed E-state index contributed by atoms with van der Waals surface area (Å²) in [6, 6.07) is 2.18. The van der Waals surface area contributed by atoms with Gasteiger partial charge in [-0.1, -0.05) is 0 Å². The van der Waals surface area contributed by atoms with Crippen LogP contribution in [0.2, 0.25) is 0 Å². The van der Waals surface area contributed by atoms with Gasteiger partial charge >= 0.3 is 0 Å². The van der Waals surface area contributed by atoms with Crippen LogP contribution in [-0.4, -0.2) is 26.1 Å². The monoisotopic (exact) mass is 235 g/mol. The topological polar surface area (TPSA) is 83.6 Å². The lowest BCUT2D eigenvalue weighted by atomic mass is 10.3. The van der Waals surface area contributed by atoms with E-state index in [9.17, 15) is 9.18 Å². The maximum absolute atomic E-state index is 12.6. The summed E-state index contributed by atoms with van der Waals surface area (Å²) in [6.07, 6.45) is 2.35. The first-order valence-electron chi connectivity index (χ1n) is 4.94. The van der Waals surface area contributed by atoms with Gasteiger partial charge in [0.2, 0.25) is 0 Å². The Labute approximate surface area is 96.3 Å². The Balaban J connectivity index is 2.04. The Morgan fingerprint density at radius 3 is 2.88 bits per heavy atom. The van der Waals surface area contributed by atoms with Gasteiger partial charge in [0.05, 0.1) is 12.2 Å². The molecule has 2 rings (SSSR count). The number of carbonyl (C=O) groups is 1. The molecule has 0 bridgehead atoms. The molecule has 0 spiro atoms. The molecule has 1 atom stereocenters. The van der Waals surface area contributed by atoms with Crippen molar-refractivity contribution >= 4 is 5.91 Å².